The molecule has 0 radical (unpaired) electrons. The molecule has 0 aromatic heterocycles. The minimum Gasteiger partial charge on any atom is -0.390 e. The molecule has 4 aromatic rings. The molecule has 0 bridgehead atoms. The first-order valence-electron chi connectivity index (χ1n) is 14.6. The summed E-state index contributed by atoms with van der Waals surface area (Å²) in [6.07, 6.45) is -3.94. The van der Waals surface area contributed by atoms with Crippen molar-refractivity contribution in [1.29, 1.82) is 0 Å². The van der Waals surface area contributed by atoms with Crippen molar-refractivity contribution in [3.05, 3.63) is 144 Å². The average Bonchev–Trinajstić information content (AvgIpc) is 3.13. The van der Waals surface area contributed by atoms with E-state index in [1.807, 2.05) is 121 Å². The number of aliphatic hydroxyl groups is 2. The highest BCUT2D eigenvalue weighted by atomic mass is 16.6. The van der Waals surface area contributed by atoms with Gasteiger partial charge in [0, 0.05) is 5.92 Å². The van der Waals surface area contributed by atoms with E-state index >= 15 is 0 Å². The van der Waals surface area contributed by atoms with E-state index in [1.54, 1.807) is 0 Å². The SMILES string of the molecule is O[C@H]1[C@H](OCc2ccccc2)[C@@H](OCc2ccccc2)[C@H](OCc2ccccc2)[C@H](COCc2ccccc2)C[C@H]1O. The van der Waals surface area contributed by atoms with Crippen molar-refractivity contribution >= 4 is 0 Å². The van der Waals surface area contributed by atoms with Gasteiger partial charge in [0.1, 0.15) is 18.3 Å². The third-order valence-electron chi connectivity index (χ3n) is 7.69. The lowest BCUT2D eigenvalue weighted by Crippen LogP contribution is -2.50. The molecule has 1 aliphatic carbocycles. The van der Waals surface area contributed by atoms with Crippen LogP contribution in [-0.2, 0) is 45.4 Å². The predicted molar refractivity (Wildman–Crippen MR) is 161 cm³/mol. The van der Waals surface area contributed by atoms with Crippen molar-refractivity contribution in [2.45, 2.75) is 63.4 Å². The van der Waals surface area contributed by atoms with Crippen LogP contribution in [0.3, 0.4) is 0 Å². The van der Waals surface area contributed by atoms with Crippen LogP contribution < -0.4 is 0 Å². The van der Waals surface area contributed by atoms with Gasteiger partial charge in [0.15, 0.2) is 0 Å². The van der Waals surface area contributed by atoms with Gasteiger partial charge in [-0.15, -0.1) is 0 Å². The number of benzene rings is 4. The molecule has 5 rings (SSSR count). The lowest BCUT2D eigenvalue weighted by Gasteiger charge is -2.36. The maximum absolute atomic E-state index is 11.4. The third-order valence-corrected chi connectivity index (χ3v) is 7.69. The molecule has 1 saturated carbocycles. The Bertz CT molecular complexity index is 1290. The largest absolute Gasteiger partial charge is 0.390 e. The summed E-state index contributed by atoms with van der Waals surface area (Å²) < 4.78 is 25.8. The van der Waals surface area contributed by atoms with Gasteiger partial charge in [-0.3, -0.25) is 0 Å². The number of rotatable bonds is 13. The molecule has 220 valence electrons. The maximum Gasteiger partial charge on any atom is 0.115 e. The van der Waals surface area contributed by atoms with E-state index in [9.17, 15) is 10.2 Å². The molecule has 0 heterocycles. The number of ether oxygens (including phenoxy) is 4. The van der Waals surface area contributed by atoms with Gasteiger partial charge >= 0.3 is 0 Å². The minimum absolute atomic E-state index is 0.256. The lowest BCUT2D eigenvalue weighted by molar-refractivity contribution is -0.189. The third kappa shape index (κ3) is 8.58. The molecule has 0 unspecified atom stereocenters. The van der Waals surface area contributed by atoms with E-state index in [0.717, 1.165) is 22.3 Å². The van der Waals surface area contributed by atoms with Gasteiger partial charge in [-0.1, -0.05) is 121 Å². The molecule has 0 saturated heterocycles. The summed E-state index contributed by atoms with van der Waals surface area (Å²) in [7, 11) is 0. The Morgan fingerprint density at radius 3 is 1.31 bits per heavy atom. The van der Waals surface area contributed by atoms with Crippen LogP contribution in [0.1, 0.15) is 28.7 Å². The highest BCUT2D eigenvalue weighted by Gasteiger charge is 2.47. The van der Waals surface area contributed by atoms with E-state index < -0.39 is 30.5 Å². The number of hydrogen-bond donors (Lipinski definition) is 2. The molecule has 0 spiro atoms. The van der Waals surface area contributed by atoms with E-state index in [4.69, 9.17) is 18.9 Å². The minimum atomic E-state index is -1.17. The molecular formula is C36H40O6. The zero-order valence-electron chi connectivity index (χ0n) is 23.8. The fourth-order valence-electron chi connectivity index (χ4n) is 5.43. The van der Waals surface area contributed by atoms with E-state index in [1.165, 1.54) is 0 Å². The summed E-state index contributed by atoms with van der Waals surface area (Å²) in [6, 6.07) is 39.7. The van der Waals surface area contributed by atoms with Crippen LogP contribution in [0.4, 0.5) is 0 Å². The normalized spacial score (nSPS) is 24.2. The van der Waals surface area contributed by atoms with Gasteiger partial charge in [-0.2, -0.15) is 0 Å². The second-order valence-corrected chi connectivity index (χ2v) is 10.8. The fraction of sp³-hybridized carbons (Fsp3) is 0.333. The van der Waals surface area contributed by atoms with Crippen molar-refractivity contribution in [3.63, 3.8) is 0 Å². The summed E-state index contributed by atoms with van der Waals surface area (Å²) in [5.41, 5.74) is 4.05. The van der Waals surface area contributed by atoms with E-state index in [0.29, 0.717) is 26.4 Å². The van der Waals surface area contributed by atoms with E-state index in [-0.39, 0.29) is 18.9 Å². The Morgan fingerprint density at radius 2 is 0.857 bits per heavy atom. The van der Waals surface area contributed by atoms with Crippen molar-refractivity contribution in [2.75, 3.05) is 6.61 Å². The topological polar surface area (TPSA) is 77.4 Å². The number of aliphatic hydroxyl groups excluding tert-OH is 2. The first-order chi connectivity index (χ1) is 20.7. The summed E-state index contributed by atoms with van der Waals surface area (Å²) in [4.78, 5) is 0. The molecule has 4 aromatic carbocycles. The van der Waals surface area contributed by atoms with Crippen molar-refractivity contribution < 1.29 is 29.2 Å². The standard InChI is InChI=1S/C36H40O6/c37-32-21-31(26-39-22-27-13-5-1-6-14-27)34(40-23-28-15-7-2-8-16-28)36(42-25-30-19-11-4-12-20-30)35(33(32)38)41-24-29-17-9-3-10-18-29/h1-20,31-38H,21-26H2/t31-,32+,33+,34+,35-,36-/m0/s1. The first-order valence-corrected chi connectivity index (χ1v) is 14.6. The van der Waals surface area contributed by atoms with Gasteiger partial charge < -0.3 is 29.2 Å². The van der Waals surface area contributed by atoms with Gasteiger partial charge in [-0.25, -0.2) is 0 Å². The molecule has 0 amide bonds. The van der Waals surface area contributed by atoms with Gasteiger partial charge in [0.05, 0.1) is 45.2 Å². The molecule has 6 heteroatoms. The van der Waals surface area contributed by atoms with E-state index in [2.05, 4.69) is 0 Å². The molecule has 0 aliphatic heterocycles. The van der Waals surface area contributed by atoms with Gasteiger partial charge in [-0.05, 0) is 28.7 Å². The first kappa shape index (κ1) is 30.1. The zero-order valence-corrected chi connectivity index (χ0v) is 23.8. The van der Waals surface area contributed by atoms with Crippen LogP contribution in [0.15, 0.2) is 121 Å². The quantitative estimate of drug-likeness (QED) is 0.202. The van der Waals surface area contributed by atoms with Gasteiger partial charge in [0.2, 0.25) is 0 Å². The second kappa shape index (κ2) is 15.8. The average molecular weight is 569 g/mol. The Morgan fingerprint density at radius 1 is 0.476 bits per heavy atom. The van der Waals surface area contributed by atoms with Crippen LogP contribution >= 0.6 is 0 Å². The van der Waals surface area contributed by atoms with Crippen LogP contribution in [-0.4, -0.2) is 47.3 Å². The lowest BCUT2D eigenvalue weighted by atomic mass is 9.95. The molecule has 6 nitrogen and oxygen atoms in total. The maximum atomic E-state index is 11.4. The Balaban J connectivity index is 1.42. The second-order valence-electron chi connectivity index (χ2n) is 10.8. The Kier molecular flexibility index (Phi) is 11.3. The predicted octanol–water partition coefficient (Wildman–Crippen LogP) is 5.70. The van der Waals surface area contributed by atoms with Crippen molar-refractivity contribution in [2.24, 2.45) is 5.92 Å². The summed E-state index contributed by atoms with van der Waals surface area (Å²) in [5.74, 6) is -0.256. The monoisotopic (exact) mass is 568 g/mol. The Hall–Kier alpha value is -3.36. The van der Waals surface area contributed by atoms with Gasteiger partial charge in [0.25, 0.3) is 0 Å². The summed E-state index contributed by atoms with van der Waals surface area (Å²) in [5, 5.41) is 22.7. The molecule has 42 heavy (non-hydrogen) atoms. The molecule has 2 N–H and O–H groups in total. The van der Waals surface area contributed by atoms with Crippen molar-refractivity contribution in [3.8, 4) is 0 Å². The highest BCUT2D eigenvalue weighted by molar-refractivity contribution is 5.16. The molecule has 1 fully saturated rings. The summed E-state index contributed by atoms with van der Waals surface area (Å²) in [6.45, 7) is 1.69. The fourth-order valence-corrected chi connectivity index (χ4v) is 5.43. The zero-order chi connectivity index (χ0) is 29.0. The van der Waals surface area contributed by atoms with Crippen LogP contribution in [0.5, 0.6) is 0 Å². The van der Waals surface area contributed by atoms with Crippen LogP contribution in [0.25, 0.3) is 0 Å². The molecule has 1 aliphatic rings. The van der Waals surface area contributed by atoms with Crippen molar-refractivity contribution in [1.82, 2.24) is 0 Å². The summed E-state index contributed by atoms with van der Waals surface area (Å²) >= 11 is 0. The smallest absolute Gasteiger partial charge is 0.115 e. The molecule has 6 atom stereocenters. The van der Waals surface area contributed by atoms with Crippen LogP contribution in [0, 0.1) is 5.92 Å². The van der Waals surface area contributed by atoms with Crippen LogP contribution in [0.2, 0.25) is 0 Å². The molecular weight excluding hydrogens is 528 g/mol. The Labute approximate surface area is 248 Å². The highest BCUT2D eigenvalue weighted by Crippen LogP contribution is 2.33. The number of hydrogen-bond acceptors (Lipinski definition) is 6.